The highest BCUT2D eigenvalue weighted by Gasteiger charge is 2.14. The second-order valence-corrected chi connectivity index (χ2v) is 5.62. The van der Waals surface area contributed by atoms with Crippen molar-refractivity contribution < 1.29 is 0 Å². The van der Waals surface area contributed by atoms with E-state index in [1.54, 1.807) is 0 Å². The number of rotatable bonds is 3. The van der Waals surface area contributed by atoms with Gasteiger partial charge in [0.05, 0.1) is 5.69 Å². The molecule has 1 N–H and O–H groups in total. The zero-order chi connectivity index (χ0) is 11.7. The first-order chi connectivity index (χ1) is 8.31. The summed E-state index contributed by atoms with van der Waals surface area (Å²) < 4.78 is 3.14. The SMILES string of the molecule is Brc1ccn2cc(CNC3CCCC3)nc2c1. The number of hydrogen-bond donors (Lipinski definition) is 1. The van der Waals surface area contributed by atoms with Crippen molar-refractivity contribution in [3.8, 4) is 0 Å². The molecule has 3 rings (SSSR count). The van der Waals surface area contributed by atoms with Gasteiger partial charge >= 0.3 is 0 Å². The van der Waals surface area contributed by atoms with E-state index in [1.165, 1.54) is 25.7 Å². The molecule has 17 heavy (non-hydrogen) atoms. The summed E-state index contributed by atoms with van der Waals surface area (Å²) in [5.41, 5.74) is 2.12. The maximum absolute atomic E-state index is 4.60. The highest BCUT2D eigenvalue weighted by Crippen LogP contribution is 2.18. The lowest BCUT2D eigenvalue weighted by Crippen LogP contribution is -2.25. The zero-order valence-electron chi connectivity index (χ0n) is 9.69. The molecule has 2 heterocycles. The Hall–Kier alpha value is -0.870. The van der Waals surface area contributed by atoms with Gasteiger partial charge in [0.1, 0.15) is 5.65 Å². The van der Waals surface area contributed by atoms with Crippen molar-refractivity contribution >= 4 is 21.6 Å². The standard InChI is InChI=1S/C13H16BrN3/c14-10-5-6-17-9-12(16-13(17)7-10)8-15-11-3-1-2-4-11/h5-7,9,11,15H,1-4,8H2. The van der Waals surface area contributed by atoms with E-state index in [2.05, 4.69) is 36.8 Å². The number of nitrogens with zero attached hydrogens (tertiary/aromatic N) is 2. The summed E-state index contributed by atoms with van der Waals surface area (Å²) in [7, 11) is 0. The van der Waals surface area contributed by atoms with Gasteiger partial charge in [0.25, 0.3) is 0 Å². The molecule has 1 saturated carbocycles. The third-order valence-corrected chi connectivity index (χ3v) is 3.89. The number of nitrogens with one attached hydrogen (secondary N) is 1. The molecule has 1 fully saturated rings. The summed E-state index contributed by atoms with van der Waals surface area (Å²) in [6.07, 6.45) is 9.51. The average molecular weight is 294 g/mol. The van der Waals surface area contributed by atoms with Gasteiger partial charge in [-0.05, 0) is 25.0 Å². The van der Waals surface area contributed by atoms with Crippen molar-refractivity contribution in [2.45, 2.75) is 38.3 Å². The van der Waals surface area contributed by atoms with Gasteiger partial charge in [-0.3, -0.25) is 0 Å². The normalized spacial score (nSPS) is 17.0. The van der Waals surface area contributed by atoms with E-state index in [0.717, 1.165) is 22.4 Å². The van der Waals surface area contributed by atoms with Crippen LogP contribution in [0.4, 0.5) is 0 Å². The summed E-state index contributed by atoms with van der Waals surface area (Å²) in [5.74, 6) is 0. The molecular weight excluding hydrogens is 278 g/mol. The summed E-state index contributed by atoms with van der Waals surface area (Å²) in [4.78, 5) is 4.60. The fraction of sp³-hybridized carbons (Fsp3) is 0.462. The van der Waals surface area contributed by atoms with Crippen LogP contribution in [0.1, 0.15) is 31.4 Å². The number of halogens is 1. The largest absolute Gasteiger partial charge is 0.308 e. The van der Waals surface area contributed by atoms with E-state index >= 15 is 0 Å². The molecule has 2 aromatic rings. The lowest BCUT2D eigenvalue weighted by atomic mass is 10.2. The number of imidazole rings is 1. The van der Waals surface area contributed by atoms with Crippen LogP contribution < -0.4 is 5.32 Å². The van der Waals surface area contributed by atoms with Crippen molar-refractivity contribution in [3.63, 3.8) is 0 Å². The fourth-order valence-electron chi connectivity index (χ4n) is 2.47. The Morgan fingerprint density at radius 3 is 3.06 bits per heavy atom. The van der Waals surface area contributed by atoms with E-state index in [4.69, 9.17) is 0 Å². The molecule has 90 valence electrons. The molecule has 3 nitrogen and oxygen atoms in total. The molecule has 4 heteroatoms. The van der Waals surface area contributed by atoms with Gasteiger partial charge in [0.15, 0.2) is 0 Å². The minimum Gasteiger partial charge on any atom is -0.308 e. The molecule has 1 aliphatic carbocycles. The molecule has 0 saturated heterocycles. The van der Waals surface area contributed by atoms with Crippen molar-refractivity contribution in [1.29, 1.82) is 0 Å². The lowest BCUT2D eigenvalue weighted by Gasteiger charge is -2.09. The maximum Gasteiger partial charge on any atom is 0.138 e. The summed E-state index contributed by atoms with van der Waals surface area (Å²) in [6.45, 7) is 0.879. The van der Waals surface area contributed by atoms with Crippen LogP contribution in [-0.2, 0) is 6.54 Å². The molecule has 1 aliphatic rings. The molecule has 0 radical (unpaired) electrons. The quantitative estimate of drug-likeness (QED) is 0.942. The van der Waals surface area contributed by atoms with E-state index in [0.29, 0.717) is 6.04 Å². The van der Waals surface area contributed by atoms with E-state index in [9.17, 15) is 0 Å². The first kappa shape index (κ1) is 11.2. The first-order valence-corrected chi connectivity index (χ1v) is 6.97. The van der Waals surface area contributed by atoms with Crippen LogP contribution in [0, 0.1) is 0 Å². The zero-order valence-corrected chi connectivity index (χ0v) is 11.3. The molecule has 0 unspecified atom stereocenters. The predicted octanol–water partition coefficient (Wildman–Crippen LogP) is 3.13. The molecule has 0 atom stereocenters. The molecule has 0 spiro atoms. The Labute approximate surface area is 109 Å². The third-order valence-electron chi connectivity index (χ3n) is 3.40. The molecular formula is C13H16BrN3. The van der Waals surface area contributed by atoms with E-state index < -0.39 is 0 Å². The highest BCUT2D eigenvalue weighted by atomic mass is 79.9. The van der Waals surface area contributed by atoms with Gasteiger partial charge in [-0.15, -0.1) is 0 Å². The van der Waals surface area contributed by atoms with Crippen molar-refractivity contribution in [2.75, 3.05) is 0 Å². The Bertz CT molecular complexity index is 514. The van der Waals surface area contributed by atoms with Gasteiger partial charge in [0.2, 0.25) is 0 Å². The average Bonchev–Trinajstić information content (AvgIpc) is 2.94. The fourth-order valence-corrected chi connectivity index (χ4v) is 2.80. The lowest BCUT2D eigenvalue weighted by molar-refractivity contribution is 0.520. The molecule has 0 amide bonds. The second kappa shape index (κ2) is 4.78. The van der Waals surface area contributed by atoms with Gasteiger partial charge in [0, 0.05) is 29.5 Å². The number of fused-ring (bicyclic) bond motifs is 1. The van der Waals surface area contributed by atoms with Gasteiger partial charge < -0.3 is 9.72 Å². The van der Waals surface area contributed by atoms with Crippen LogP contribution in [0.3, 0.4) is 0 Å². The predicted molar refractivity (Wildman–Crippen MR) is 72.0 cm³/mol. The van der Waals surface area contributed by atoms with E-state index in [1.807, 2.05) is 18.3 Å². The molecule has 0 aliphatic heterocycles. The summed E-state index contributed by atoms with van der Waals surface area (Å²) in [6, 6.07) is 4.77. The van der Waals surface area contributed by atoms with Crippen LogP contribution in [0.2, 0.25) is 0 Å². The Kier molecular flexibility index (Phi) is 3.16. The van der Waals surface area contributed by atoms with E-state index in [-0.39, 0.29) is 0 Å². The molecule has 0 aromatic carbocycles. The molecule has 0 bridgehead atoms. The minimum absolute atomic E-state index is 0.701. The summed E-state index contributed by atoms with van der Waals surface area (Å²) in [5, 5.41) is 3.59. The van der Waals surface area contributed by atoms with Crippen LogP contribution >= 0.6 is 15.9 Å². The maximum atomic E-state index is 4.60. The number of aromatic nitrogens is 2. The van der Waals surface area contributed by atoms with Gasteiger partial charge in [-0.2, -0.15) is 0 Å². The Balaban J connectivity index is 1.72. The van der Waals surface area contributed by atoms with Crippen LogP contribution in [0.5, 0.6) is 0 Å². The van der Waals surface area contributed by atoms with Gasteiger partial charge in [-0.1, -0.05) is 28.8 Å². The number of hydrogen-bond acceptors (Lipinski definition) is 2. The third kappa shape index (κ3) is 2.53. The Morgan fingerprint density at radius 1 is 1.41 bits per heavy atom. The van der Waals surface area contributed by atoms with Crippen LogP contribution in [0.15, 0.2) is 29.0 Å². The van der Waals surface area contributed by atoms with Gasteiger partial charge in [-0.25, -0.2) is 4.98 Å². The van der Waals surface area contributed by atoms with Crippen molar-refractivity contribution in [2.24, 2.45) is 0 Å². The highest BCUT2D eigenvalue weighted by molar-refractivity contribution is 9.10. The first-order valence-electron chi connectivity index (χ1n) is 6.18. The van der Waals surface area contributed by atoms with Crippen molar-refractivity contribution in [1.82, 2.24) is 14.7 Å². The van der Waals surface area contributed by atoms with Crippen molar-refractivity contribution in [3.05, 3.63) is 34.7 Å². The minimum atomic E-state index is 0.701. The van der Waals surface area contributed by atoms with Crippen LogP contribution in [0.25, 0.3) is 5.65 Å². The summed E-state index contributed by atoms with van der Waals surface area (Å²) >= 11 is 3.47. The number of pyridine rings is 1. The second-order valence-electron chi connectivity index (χ2n) is 4.70. The van der Waals surface area contributed by atoms with Crippen LogP contribution in [-0.4, -0.2) is 15.4 Å². The topological polar surface area (TPSA) is 29.3 Å². The molecule has 2 aromatic heterocycles. The Morgan fingerprint density at radius 2 is 2.24 bits per heavy atom. The smallest absolute Gasteiger partial charge is 0.138 e. The monoisotopic (exact) mass is 293 g/mol.